The summed E-state index contributed by atoms with van der Waals surface area (Å²) < 4.78 is 7.45. The molecule has 0 aliphatic carbocycles. The molecule has 2 aromatic heterocycles. The third-order valence-corrected chi connectivity index (χ3v) is 6.90. The van der Waals surface area contributed by atoms with Crippen LogP contribution in [0.3, 0.4) is 0 Å². The molecule has 0 atom stereocenters. The molecule has 12 heteroatoms. The summed E-state index contributed by atoms with van der Waals surface area (Å²) in [5.74, 6) is -0.308. The van der Waals surface area contributed by atoms with Gasteiger partial charge in [-0.3, -0.25) is 25.6 Å². The van der Waals surface area contributed by atoms with E-state index in [1.165, 1.54) is 4.90 Å². The highest BCUT2D eigenvalue weighted by atomic mass is 35.5. The van der Waals surface area contributed by atoms with Crippen LogP contribution in [-0.2, 0) is 11.8 Å². The smallest absolute Gasteiger partial charge is 0.206 e. The standard InChI is InChI=1S/C27H29ClN10O/c1-16-10-21-20(14-34-36-21)25(26(16)28)24(27(32)18-4-5-22-19(11-18)13-35-37(22)3)17(2)33-6-8-39-9-7-38(15-30)23(31)12-29/h4-5,10-11,13-15,30-31H,6-9,32H2,1-3H3,(H,34,36)/b27-24+,30-15?,31-23?,33-17?. The number of ether oxygens (including phenoxy) is 1. The molecule has 2 heterocycles. The van der Waals surface area contributed by atoms with Crippen LogP contribution < -0.4 is 5.73 Å². The van der Waals surface area contributed by atoms with Crippen molar-refractivity contribution in [2.45, 2.75) is 13.8 Å². The largest absolute Gasteiger partial charge is 0.398 e. The van der Waals surface area contributed by atoms with Crippen molar-refractivity contribution in [3.8, 4) is 6.07 Å². The topological polar surface area (TPSA) is 169 Å². The summed E-state index contributed by atoms with van der Waals surface area (Å²) in [7, 11) is 1.89. The zero-order chi connectivity index (χ0) is 28.1. The number of aromatic amines is 1. The van der Waals surface area contributed by atoms with Crippen LogP contribution >= 0.6 is 11.6 Å². The molecule has 0 fully saturated rings. The second-order valence-electron chi connectivity index (χ2n) is 8.91. The van der Waals surface area contributed by atoms with E-state index < -0.39 is 0 Å². The molecule has 200 valence electrons. The van der Waals surface area contributed by atoms with Crippen LogP contribution in [0, 0.1) is 29.1 Å². The maximum atomic E-state index is 8.84. The SMILES string of the molecule is CC(=NCCOCCN(C=N)C(=N)C#N)/C(=C(\N)c1ccc2c(cnn2C)c1)c1c(Cl)c(C)cc2[nH]ncc12. The lowest BCUT2D eigenvalue weighted by atomic mass is 9.92. The Kier molecular flexibility index (Phi) is 8.39. The number of aryl methyl sites for hydroxylation is 2. The van der Waals surface area contributed by atoms with Gasteiger partial charge >= 0.3 is 0 Å². The molecule has 5 N–H and O–H groups in total. The summed E-state index contributed by atoms with van der Waals surface area (Å²) >= 11 is 6.89. The molecule has 4 rings (SSSR count). The van der Waals surface area contributed by atoms with E-state index in [1.807, 2.05) is 49.8 Å². The zero-order valence-corrected chi connectivity index (χ0v) is 22.7. The normalized spacial score (nSPS) is 12.4. The maximum Gasteiger partial charge on any atom is 0.206 e. The van der Waals surface area contributed by atoms with Crippen LogP contribution in [0.15, 0.2) is 41.7 Å². The predicted molar refractivity (Wildman–Crippen MR) is 155 cm³/mol. The van der Waals surface area contributed by atoms with E-state index in [-0.39, 0.29) is 19.0 Å². The van der Waals surface area contributed by atoms with Gasteiger partial charge in [-0.15, -0.1) is 0 Å². The van der Waals surface area contributed by atoms with Crippen LogP contribution in [0.25, 0.3) is 33.1 Å². The van der Waals surface area contributed by atoms with E-state index in [2.05, 4.69) is 15.3 Å². The molecule has 0 aliphatic rings. The van der Waals surface area contributed by atoms with Gasteiger partial charge in [0.05, 0.1) is 54.5 Å². The fourth-order valence-corrected chi connectivity index (χ4v) is 4.61. The molecular weight excluding hydrogens is 516 g/mol. The minimum atomic E-state index is -0.308. The summed E-state index contributed by atoms with van der Waals surface area (Å²) in [6.45, 7) is 4.95. The highest BCUT2D eigenvalue weighted by molar-refractivity contribution is 6.40. The number of aliphatic imine (C=N–C) groups is 1. The molecule has 0 unspecified atom stereocenters. The van der Waals surface area contributed by atoms with Crippen molar-refractivity contribution >= 4 is 62.6 Å². The minimum Gasteiger partial charge on any atom is -0.398 e. The molecule has 0 spiro atoms. The fraction of sp³-hybridized carbons (Fsp3) is 0.259. The second kappa shape index (κ2) is 11.9. The average molecular weight is 545 g/mol. The predicted octanol–water partition coefficient (Wildman–Crippen LogP) is 4.13. The van der Waals surface area contributed by atoms with E-state index in [4.69, 9.17) is 43.1 Å². The summed E-state index contributed by atoms with van der Waals surface area (Å²) in [5, 5.41) is 37.6. The zero-order valence-electron chi connectivity index (χ0n) is 21.9. The van der Waals surface area contributed by atoms with Gasteiger partial charge in [-0.25, -0.2) is 0 Å². The molecule has 0 saturated carbocycles. The Hall–Kier alpha value is -4.53. The number of rotatable bonds is 10. The molecule has 2 aromatic carbocycles. The second-order valence-corrected chi connectivity index (χ2v) is 9.28. The molecule has 0 saturated heterocycles. The number of hydrogen-bond acceptors (Lipinski definition) is 8. The first-order chi connectivity index (χ1) is 18.8. The molecular formula is C27H29ClN10O. The lowest BCUT2D eigenvalue weighted by Crippen LogP contribution is -2.31. The number of aromatic nitrogens is 4. The van der Waals surface area contributed by atoms with E-state index in [1.54, 1.807) is 18.5 Å². The highest BCUT2D eigenvalue weighted by Gasteiger charge is 2.21. The maximum absolute atomic E-state index is 8.84. The first kappa shape index (κ1) is 27.5. The Morgan fingerprint density at radius 1 is 1.33 bits per heavy atom. The fourth-order valence-electron chi connectivity index (χ4n) is 4.36. The van der Waals surface area contributed by atoms with Crippen molar-refractivity contribution in [2.24, 2.45) is 17.8 Å². The number of benzene rings is 2. The molecule has 39 heavy (non-hydrogen) atoms. The van der Waals surface area contributed by atoms with Gasteiger partial charge in [0.15, 0.2) is 0 Å². The Bertz CT molecular complexity index is 1660. The van der Waals surface area contributed by atoms with Gasteiger partial charge < -0.3 is 15.4 Å². The van der Waals surface area contributed by atoms with Crippen LogP contribution in [0.1, 0.15) is 23.6 Å². The number of nitrogens with one attached hydrogen (secondary N) is 3. The third-order valence-electron chi connectivity index (χ3n) is 6.41. The van der Waals surface area contributed by atoms with Crippen LogP contribution in [-0.4, -0.2) is 69.1 Å². The van der Waals surface area contributed by atoms with Crippen LogP contribution in [0.5, 0.6) is 0 Å². The summed E-state index contributed by atoms with van der Waals surface area (Å²) in [5.41, 5.74) is 13.1. The minimum absolute atomic E-state index is 0.227. The first-order valence-corrected chi connectivity index (χ1v) is 12.5. The Morgan fingerprint density at radius 3 is 2.87 bits per heavy atom. The molecule has 0 bridgehead atoms. The van der Waals surface area contributed by atoms with E-state index in [9.17, 15) is 0 Å². The van der Waals surface area contributed by atoms with Crippen molar-refractivity contribution in [1.82, 2.24) is 24.9 Å². The van der Waals surface area contributed by atoms with E-state index in [0.29, 0.717) is 35.2 Å². The van der Waals surface area contributed by atoms with Crippen molar-refractivity contribution in [3.05, 3.63) is 58.4 Å². The number of nitrogens with two attached hydrogens (primary N) is 1. The first-order valence-electron chi connectivity index (χ1n) is 12.2. The molecule has 11 nitrogen and oxygen atoms in total. The quantitative estimate of drug-likeness (QED) is 0.101. The number of nitriles is 1. The monoisotopic (exact) mass is 544 g/mol. The summed E-state index contributed by atoms with van der Waals surface area (Å²) in [4.78, 5) is 5.96. The van der Waals surface area contributed by atoms with Crippen molar-refractivity contribution < 1.29 is 4.74 Å². The Balaban J connectivity index is 1.68. The Morgan fingerprint density at radius 2 is 2.13 bits per heavy atom. The number of halogens is 1. The molecule has 0 aliphatic heterocycles. The van der Waals surface area contributed by atoms with Gasteiger partial charge in [-0.1, -0.05) is 17.7 Å². The molecule has 0 amide bonds. The van der Waals surface area contributed by atoms with Gasteiger partial charge in [0.1, 0.15) is 6.07 Å². The summed E-state index contributed by atoms with van der Waals surface area (Å²) in [6.07, 6.45) is 4.47. The van der Waals surface area contributed by atoms with Crippen LogP contribution in [0.2, 0.25) is 5.02 Å². The molecule has 0 radical (unpaired) electrons. The van der Waals surface area contributed by atoms with Gasteiger partial charge in [0.2, 0.25) is 5.84 Å². The highest BCUT2D eigenvalue weighted by Crippen LogP contribution is 2.37. The number of amidine groups is 1. The van der Waals surface area contributed by atoms with E-state index >= 15 is 0 Å². The lowest BCUT2D eigenvalue weighted by Gasteiger charge is -2.17. The van der Waals surface area contributed by atoms with Gasteiger partial charge in [-0.2, -0.15) is 15.5 Å². The average Bonchev–Trinajstić information content (AvgIpc) is 3.55. The Labute approximate surface area is 230 Å². The van der Waals surface area contributed by atoms with Crippen molar-refractivity contribution in [1.29, 1.82) is 16.1 Å². The number of hydrogen-bond donors (Lipinski definition) is 4. The van der Waals surface area contributed by atoms with Gasteiger partial charge in [0.25, 0.3) is 0 Å². The number of nitrogens with zero attached hydrogens (tertiary/aromatic N) is 6. The van der Waals surface area contributed by atoms with Crippen molar-refractivity contribution in [2.75, 3.05) is 26.3 Å². The van der Waals surface area contributed by atoms with Crippen LogP contribution in [0.4, 0.5) is 0 Å². The third kappa shape index (κ3) is 5.67. The van der Waals surface area contributed by atoms with Gasteiger partial charge in [0, 0.05) is 46.9 Å². The lowest BCUT2D eigenvalue weighted by molar-refractivity contribution is 0.137. The van der Waals surface area contributed by atoms with E-state index in [0.717, 1.165) is 44.8 Å². The van der Waals surface area contributed by atoms with Crippen molar-refractivity contribution in [3.63, 3.8) is 0 Å². The summed E-state index contributed by atoms with van der Waals surface area (Å²) in [6, 6.07) is 9.60. The van der Waals surface area contributed by atoms with Gasteiger partial charge in [-0.05, 0) is 43.2 Å². The number of allylic oxidation sites excluding steroid dienone is 1. The molecule has 4 aromatic rings. The number of fused-ring (bicyclic) bond motifs is 2. The number of H-pyrrole nitrogens is 1.